The number of benzene rings is 2. The van der Waals surface area contributed by atoms with E-state index in [4.69, 9.17) is 0 Å². The van der Waals surface area contributed by atoms with E-state index in [0.717, 1.165) is 6.42 Å². The van der Waals surface area contributed by atoms with E-state index in [-0.39, 0.29) is 17.2 Å². The number of aromatic nitrogens is 3. The summed E-state index contributed by atoms with van der Waals surface area (Å²) in [4.78, 5) is 27.0. The molecule has 4 rings (SSSR count). The Morgan fingerprint density at radius 3 is 2.62 bits per heavy atom. The van der Waals surface area contributed by atoms with E-state index in [9.17, 15) is 14.0 Å². The van der Waals surface area contributed by atoms with Crippen molar-refractivity contribution in [1.29, 1.82) is 0 Å². The molecule has 2 aromatic carbocycles. The molecule has 0 fully saturated rings. The molecule has 1 aromatic heterocycles. The first-order valence-corrected chi connectivity index (χ1v) is 11.3. The lowest BCUT2D eigenvalue weighted by Gasteiger charge is -2.28. The van der Waals surface area contributed by atoms with Gasteiger partial charge in [-0.05, 0) is 36.6 Å². The van der Waals surface area contributed by atoms with Gasteiger partial charge in [0.25, 0.3) is 5.91 Å². The van der Waals surface area contributed by atoms with Crippen molar-refractivity contribution in [2.24, 2.45) is 7.05 Å². The zero-order chi connectivity index (χ0) is 22.7. The van der Waals surface area contributed by atoms with Gasteiger partial charge in [0.05, 0.1) is 17.4 Å². The minimum Gasteiger partial charge on any atom is -0.342 e. The fraction of sp³-hybridized carbons (Fsp3) is 0.304. The highest BCUT2D eigenvalue weighted by molar-refractivity contribution is 7.99. The molecule has 0 bridgehead atoms. The smallest absolute Gasteiger partial charge is 0.254 e. The van der Waals surface area contributed by atoms with E-state index in [2.05, 4.69) is 27.6 Å². The zero-order valence-electron chi connectivity index (χ0n) is 17.9. The molecule has 1 N–H and O–H groups in total. The molecule has 2 amide bonds. The number of carbonyl (C=O) groups is 2. The van der Waals surface area contributed by atoms with Gasteiger partial charge in [0.1, 0.15) is 5.82 Å². The summed E-state index contributed by atoms with van der Waals surface area (Å²) >= 11 is 1.31. The number of amides is 2. The van der Waals surface area contributed by atoms with Crippen LogP contribution < -0.4 is 5.32 Å². The molecule has 0 saturated carbocycles. The lowest BCUT2D eigenvalue weighted by molar-refractivity contribution is -0.129. The number of hydrogen-bond donors (Lipinski definition) is 1. The summed E-state index contributed by atoms with van der Waals surface area (Å²) < 4.78 is 15.6. The molecule has 0 spiro atoms. The van der Waals surface area contributed by atoms with Crippen molar-refractivity contribution in [3.05, 3.63) is 76.9 Å². The predicted octanol–water partition coefficient (Wildman–Crippen LogP) is 3.12. The Balaban J connectivity index is 1.35. The van der Waals surface area contributed by atoms with Crippen LogP contribution in [0.2, 0.25) is 0 Å². The second kappa shape index (κ2) is 9.52. The van der Waals surface area contributed by atoms with Gasteiger partial charge in [-0.15, -0.1) is 10.2 Å². The van der Waals surface area contributed by atoms with Gasteiger partial charge in [0.15, 0.2) is 11.0 Å². The quantitative estimate of drug-likeness (QED) is 0.580. The summed E-state index contributed by atoms with van der Waals surface area (Å²) in [6.07, 6.45) is 0.861. The van der Waals surface area contributed by atoms with Crippen LogP contribution in [0.3, 0.4) is 0 Å². The van der Waals surface area contributed by atoms with Gasteiger partial charge < -0.3 is 14.8 Å². The van der Waals surface area contributed by atoms with Crippen LogP contribution in [-0.4, -0.2) is 43.8 Å². The molecule has 0 saturated heterocycles. The minimum absolute atomic E-state index is 0.0233. The van der Waals surface area contributed by atoms with Crippen LogP contribution in [0.15, 0.2) is 53.7 Å². The van der Waals surface area contributed by atoms with E-state index >= 15 is 0 Å². The molecular formula is C23H24FN5O2S. The zero-order valence-corrected chi connectivity index (χ0v) is 18.7. The van der Waals surface area contributed by atoms with Gasteiger partial charge in [-0.25, -0.2) is 4.39 Å². The van der Waals surface area contributed by atoms with Crippen molar-refractivity contribution >= 4 is 23.6 Å². The maximum atomic E-state index is 13.9. The summed E-state index contributed by atoms with van der Waals surface area (Å²) in [7, 11) is 1.78. The summed E-state index contributed by atoms with van der Waals surface area (Å²) in [5.74, 6) is -0.269. The minimum atomic E-state index is -0.578. The Hall–Kier alpha value is -3.20. The molecular weight excluding hydrogens is 429 g/mol. The Morgan fingerprint density at radius 1 is 1.12 bits per heavy atom. The van der Waals surface area contributed by atoms with Crippen molar-refractivity contribution in [2.75, 3.05) is 12.3 Å². The number of nitrogens with one attached hydrogen (secondary N) is 1. The van der Waals surface area contributed by atoms with Gasteiger partial charge in [-0.1, -0.05) is 48.2 Å². The van der Waals surface area contributed by atoms with E-state index in [1.54, 1.807) is 24.6 Å². The van der Waals surface area contributed by atoms with Crippen LogP contribution in [0, 0.1) is 5.82 Å². The first-order chi connectivity index (χ1) is 15.4. The molecule has 1 aliphatic rings. The van der Waals surface area contributed by atoms with Crippen LogP contribution >= 0.6 is 11.8 Å². The topological polar surface area (TPSA) is 80.1 Å². The van der Waals surface area contributed by atoms with Crippen LogP contribution in [0.25, 0.3) is 0 Å². The molecule has 166 valence electrons. The standard InChI is InChI=1S/C23H24FN5O2S/c1-15(25-22(31)18-9-5-6-10-19(18)24)21-26-27-23(28(21)2)32-14-20(30)29-12-11-16-7-3-4-8-17(16)13-29/h3-10,15H,11-14H2,1-2H3,(H,25,31)/t15-/m1/s1. The molecule has 9 heteroatoms. The SMILES string of the molecule is C[C@@H](NC(=O)c1ccccc1F)c1nnc(SCC(=O)N2CCc3ccccc3C2)n1C. The number of halogens is 1. The van der Waals surface area contributed by atoms with Crippen molar-refractivity contribution in [2.45, 2.75) is 31.1 Å². The molecule has 32 heavy (non-hydrogen) atoms. The summed E-state index contributed by atoms with van der Waals surface area (Å²) in [6, 6.07) is 13.5. The van der Waals surface area contributed by atoms with Gasteiger partial charge in [0, 0.05) is 20.1 Å². The molecule has 1 atom stereocenters. The first-order valence-electron chi connectivity index (χ1n) is 10.4. The molecule has 2 heterocycles. The van der Waals surface area contributed by atoms with Crippen molar-refractivity contribution in [3.63, 3.8) is 0 Å². The van der Waals surface area contributed by atoms with Crippen molar-refractivity contribution < 1.29 is 14.0 Å². The summed E-state index contributed by atoms with van der Waals surface area (Å²) in [5, 5.41) is 11.7. The van der Waals surface area contributed by atoms with Crippen molar-refractivity contribution in [1.82, 2.24) is 25.0 Å². The monoisotopic (exact) mass is 453 g/mol. The second-order valence-corrected chi connectivity index (χ2v) is 8.64. The van der Waals surface area contributed by atoms with Gasteiger partial charge in [-0.2, -0.15) is 0 Å². The number of fused-ring (bicyclic) bond motifs is 1. The number of carbonyl (C=O) groups excluding carboxylic acids is 2. The molecule has 7 nitrogen and oxygen atoms in total. The third-order valence-electron chi connectivity index (χ3n) is 5.53. The summed E-state index contributed by atoms with van der Waals surface area (Å²) in [5.41, 5.74) is 2.47. The third kappa shape index (κ3) is 4.67. The molecule has 0 unspecified atom stereocenters. The maximum Gasteiger partial charge on any atom is 0.254 e. The van der Waals surface area contributed by atoms with Crippen molar-refractivity contribution in [3.8, 4) is 0 Å². The average Bonchev–Trinajstić information content (AvgIpc) is 3.17. The summed E-state index contributed by atoms with van der Waals surface area (Å²) in [6.45, 7) is 3.09. The van der Waals surface area contributed by atoms with E-state index in [1.807, 2.05) is 17.0 Å². The normalized spacial score (nSPS) is 14.0. The van der Waals surface area contributed by atoms with Crippen LogP contribution in [-0.2, 0) is 24.8 Å². The Kier molecular flexibility index (Phi) is 6.55. The van der Waals surface area contributed by atoms with Gasteiger partial charge >= 0.3 is 0 Å². The fourth-order valence-electron chi connectivity index (χ4n) is 3.74. The first kappa shape index (κ1) is 22.0. The Morgan fingerprint density at radius 2 is 1.84 bits per heavy atom. The highest BCUT2D eigenvalue weighted by Crippen LogP contribution is 2.23. The highest BCUT2D eigenvalue weighted by Gasteiger charge is 2.23. The Labute approximate surface area is 190 Å². The predicted molar refractivity (Wildman–Crippen MR) is 120 cm³/mol. The lowest BCUT2D eigenvalue weighted by atomic mass is 10.00. The van der Waals surface area contributed by atoms with Crippen LogP contribution in [0.5, 0.6) is 0 Å². The third-order valence-corrected chi connectivity index (χ3v) is 6.54. The molecule has 3 aromatic rings. The lowest BCUT2D eigenvalue weighted by Crippen LogP contribution is -2.37. The molecule has 0 aliphatic carbocycles. The van der Waals surface area contributed by atoms with Gasteiger partial charge in [-0.3, -0.25) is 9.59 Å². The number of hydrogen-bond acceptors (Lipinski definition) is 5. The average molecular weight is 454 g/mol. The van der Waals surface area contributed by atoms with Crippen LogP contribution in [0.4, 0.5) is 4.39 Å². The number of thioether (sulfide) groups is 1. The van der Waals surface area contributed by atoms with E-state index in [1.165, 1.54) is 41.1 Å². The van der Waals surface area contributed by atoms with E-state index < -0.39 is 17.8 Å². The Bertz CT molecular complexity index is 1150. The number of rotatable bonds is 6. The largest absolute Gasteiger partial charge is 0.342 e. The maximum absolute atomic E-state index is 13.9. The molecule has 0 radical (unpaired) electrons. The van der Waals surface area contributed by atoms with E-state index in [0.29, 0.717) is 24.1 Å². The van der Waals surface area contributed by atoms with Crippen LogP contribution in [0.1, 0.15) is 40.3 Å². The van der Waals surface area contributed by atoms with Gasteiger partial charge in [0.2, 0.25) is 5.91 Å². The fourth-order valence-corrected chi connectivity index (χ4v) is 4.56. The second-order valence-electron chi connectivity index (χ2n) is 7.70. The molecule has 1 aliphatic heterocycles. The highest BCUT2D eigenvalue weighted by atomic mass is 32.2. The number of nitrogens with zero attached hydrogens (tertiary/aromatic N) is 4.